The number of nitrogens with zero attached hydrogens (tertiary/aromatic N) is 1. The molecule has 0 radical (unpaired) electrons. The highest BCUT2D eigenvalue weighted by molar-refractivity contribution is 6.29. The largest absolute Gasteiger partial charge is 0.310 e. The van der Waals surface area contributed by atoms with Gasteiger partial charge in [0, 0.05) is 12.0 Å². The van der Waals surface area contributed by atoms with Crippen LogP contribution in [-0.2, 0) is 0 Å². The molecule has 3 heteroatoms. The monoisotopic (exact) mass is 194 g/mol. The highest BCUT2D eigenvalue weighted by Crippen LogP contribution is 2.43. The van der Waals surface area contributed by atoms with E-state index in [0.717, 1.165) is 6.54 Å². The first-order chi connectivity index (χ1) is 6.34. The Morgan fingerprint density at radius 3 is 3.31 bits per heavy atom. The van der Waals surface area contributed by atoms with E-state index in [4.69, 9.17) is 11.6 Å². The summed E-state index contributed by atoms with van der Waals surface area (Å²) >= 11 is 5.88. The molecule has 0 aromatic carbocycles. The van der Waals surface area contributed by atoms with Gasteiger partial charge in [0.1, 0.15) is 5.15 Å². The van der Waals surface area contributed by atoms with Gasteiger partial charge in [-0.15, -0.1) is 0 Å². The summed E-state index contributed by atoms with van der Waals surface area (Å²) in [6, 6.07) is 4.55. The Kier molecular flexibility index (Phi) is 1.61. The van der Waals surface area contributed by atoms with Gasteiger partial charge in [-0.05, 0) is 31.0 Å². The van der Waals surface area contributed by atoms with E-state index in [0.29, 0.717) is 17.1 Å². The van der Waals surface area contributed by atoms with Crippen LogP contribution in [0.1, 0.15) is 36.1 Å². The van der Waals surface area contributed by atoms with Crippen LogP contribution < -0.4 is 5.32 Å². The minimum Gasteiger partial charge on any atom is -0.310 e. The summed E-state index contributed by atoms with van der Waals surface area (Å²) < 4.78 is 0. The van der Waals surface area contributed by atoms with Crippen LogP contribution in [0.15, 0.2) is 12.1 Å². The molecule has 0 saturated carbocycles. The van der Waals surface area contributed by atoms with E-state index >= 15 is 0 Å². The van der Waals surface area contributed by atoms with Crippen molar-refractivity contribution in [1.29, 1.82) is 0 Å². The second kappa shape index (κ2) is 2.69. The molecular weight excluding hydrogens is 184 g/mol. The van der Waals surface area contributed by atoms with Gasteiger partial charge in [-0.2, -0.15) is 0 Å². The van der Waals surface area contributed by atoms with E-state index < -0.39 is 0 Å². The third-order valence-electron chi connectivity index (χ3n) is 3.09. The molecule has 0 amide bonds. The highest BCUT2D eigenvalue weighted by atomic mass is 35.5. The van der Waals surface area contributed by atoms with Gasteiger partial charge >= 0.3 is 0 Å². The van der Waals surface area contributed by atoms with Crippen molar-refractivity contribution in [1.82, 2.24) is 10.3 Å². The van der Waals surface area contributed by atoms with Crippen molar-refractivity contribution in [2.45, 2.75) is 24.8 Å². The van der Waals surface area contributed by atoms with E-state index in [1.807, 2.05) is 6.07 Å². The second-order valence-electron chi connectivity index (χ2n) is 3.84. The lowest BCUT2D eigenvalue weighted by Crippen LogP contribution is -2.24. The SMILES string of the molecule is Clc1ccc2c(n1)[C@H]1CCN[C@@H]2C1. The topological polar surface area (TPSA) is 24.9 Å². The van der Waals surface area contributed by atoms with Crippen LogP contribution in [0.2, 0.25) is 5.15 Å². The molecule has 1 saturated heterocycles. The van der Waals surface area contributed by atoms with E-state index in [-0.39, 0.29) is 0 Å². The standard InChI is InChI=1S/C10H11ClN2/c11-9-2-1-7-8-5-6(3-4-12-8)10(7)13-9/h1-2,6,8,12H,3-5H2/t6-,8+/m0/s1. The first kappa shape index (κ1) is 7.77. The van der Waals surface area contributed by atoms with Gasteiger partial charge in [0.2, 0.25) is 0 Å². The number of hydrogen-bond donors (Lipinski definition) is 1. The molecular formula is C10H11ClN2. The molecule has 0 spiro atoms. The molecule has 1 aromatic rings. The Bertz CT molecular complexity index is 351. The van der Waals surface area contributed by atoms with Crippen LogP contribution in [0.5, 0.6) is 0 Å². The predicted molar refractivity (Wildman–Crippen MR) is 52.0 cm³/mol. The third-order valence-corrected chi connectivity index (χ3v) is 3.30. The number of hydrogen-bond acceptors (Lipinski definition) is 2. The Morgan fingerprint density at radius 1 is 1.46 bits per heavy atom. The van der Waals surface area contributed by atoms with Crippen LogP contribution in [-0.4, -0.2) is 11.5 Å². The Hall–Kier alpha value is -0.600. The van der Waals surface area contributed by atoms with Crippen molar-refractivity contribution in [2.24, 2.45) is 0 Å². The quantitative estimate of drug-likeness (QED) is 0.641. The average Bonchev–Trinajstić information content (AvgIpc) is 2.39. The maximum atomic E-state index is 5.88. The van der Waals surface area contributed by atoms with Gasteiger partial charge in [-0.25, -0.2) is 4.98 Å². The summed E-state index contributed by atoms with van der Waals surface area (Å²) in [6.07, 6.45) is 2.42. The maximum Gasteiger partial charge on any atom is 0.129 e. The molecule has 1 aromatic heterocycles. The van der Waals surface area contributed by atoms with Gasteiger partial charge in [-0.1, -0.05) is 17.7 Å². The fourth-order valence-electron chi connectivity index (χ4n) is 2.49. The van der Waals surface area contributed by atoms with Crippen molar-refractivity contribution >= 4 is 11.6 Å². The average molecular weight is 195 g/mol. The zero-order valence-electron chi connectivity index (χ0n) is 7.26. The summed E-state index contributed by atoms with van der Waals surface area (Å²) in [5, 5.41) is 4.13. The van der Waals surface area contributed by atoms with Gasteiger partial charge in [0.15, 0.2) is 0 Å². The zero-order valence-corrected chi connectivity index (χ0v) is 8.01. The van der Waals surface area contributed by atoms with Gasteiger partial charge in [-0.3, -0.25) is 0 Å². The fraction of sp³-hybridized carbons (Fsp3) is 0.500. The molecule has 3 rings (SSSR count). The number of nitrogens with one attached hydrogen (secondary N) is 1. The molecule has 0 unspecified atom stereocenters. The lowest BCUT2D eigenvalue weighted by Gasteiger charge is -2.19. The summed E-state index contributed by atoms with van der Waals surface area (Å²) in [7, 11) is 0. The molecule has 1 N–H and O–H groups in total. The predicted octanol–water partition coefficient (Wildman–Crippen LogP) is 2.26. The Balaban J connectivity index is 2.15. The molecule has 1 aliphatic carbocycles. The van der Waals surface area contributed by atoms with E-state index in [9.17, 15) is 0 Å². The second-order valence-corrected chi connectivity index (χ2v) is 4.22. The maximum absolute atomic E-state index is 5.88. The molecule has 1 aliphatic heterocycles. The van der Waals surface area contributed by atoms with Crippen LogP contribution in [0.25, 0.3) is 0 Å². The van der Waals surface area contributed by atoms with Crippen molar-refractivity contribution in [2.75, 3.05) is 6.54 Å². The summed E-state index contributed by atoms with van der Waals surface area (Å²) in [5.41, 5.74) is 2.61. The molecule has 2 aliphatic rings. The van der Waals surface area contributed by atoms with Gasteiger partial charge < -0.3 is 5.32 Å². The van der Waals surface area contributed by atoms with Gasteiger partial charge in [0.05, 0.1) is 5.69 Å². The molecule has 2 atom stereocenters. The lowest BCUT2D eigenvalue weighted by molar-refractivity contribution is 0.408. The number of pyridine rings is 1. The van der Waals surface area contributed by atoms with Crippen LogP contribution in [0, 0.1) is 0 Å². The molecule has 2 heterocycles. The number of piperidine rings is 1. The third kappa shape index (κ3) is 1.09. The van der Waals surface area contributed by atoms with Crippen LogP contribution >= 0.6 is 11.6 Å². The number of rotatable bonds is 0. The normalized spacial score (nSPS) is 30.2. The summed E-state index contributed by atoms with van der Waals surface area (Å²) in [6.45, 7) is 1.11. The first-order valence-corrected chi connectivity index (χ1v) is 5.12. The molecule has 13 heavy (non-hydrogen) atoms. The Morgan fingerprint density at radius 2 is 2.38 bits per heavy atom. The van der Waals surface area contributed by atoms with E-state index in [1.54, 1.807) is 0 Å². The zero-order chi connectivity index (χ0) is 8.84. The highest BCUT2D eigenvalue weighted by Gasteiger charge is 2.34. The van der Waals surface area contributed by atoms with Gasteiger partial charge in [0.25, 0.3) is 0 Å². The van der Waals surface area contributed by atoms with Crippen molar-refractivity contribution < 1.29 is 0 Å². The number of halogens is 1. The van der Waals surface area contributed by atoms with Crippen molar-refractivity contribution in [3.05, 3.63) is 28.5 Å². The number of fused-ring (bicyclic) bond motifs is 5. The van der Waals surface area contributed by atoms with E-state index in [2.05, 4.69) is 16.4 Å². The van der Waals surface area contributed by atoms with Crippen LogP contribution in [0.4, 0.5) is 0 Å². The molecule has 2 bridgehead atoms. The van der Waals surface area contributed by atoms with Crippen molar-refractivity contribution in [3.63, 3.8) is 0 Å². The fourth-order valence-corrected chi connectivity index (χ4v) is 2.64. The molecule has 68 valence electrons. The smallest absolute Gasteiger partial charge is 0.129 e. The lowest BCUT2D eigenvalue weighted by atomic mass is 9.99. The summed E-state index contributed by atoms with van der Waals surface area (Å²) in [5.74, 6) is 0.653. The van der Waals surface area contributed by atoms with Crippen LogP contribution in [0.3, 0.4) is 0 Å². The Labute approximate surface area is 82.3 Å². The molecule has 1 fully saturated rings. The minimum atomic E-state index is 0.540. The van der Waals surface area contributed by atoms with E-state index in [1.165, 1.54) is 24.1 Å². The van der Waals surface area contributed by atoms with Crippen molar-refractivity contribution in [3.8, 4) is 0 Å². The first-order valence-electron chi connectivity index (χ1n) is 4.74. The number of aromatic nitrogens is 1. The minimum absolute atomic E-state index is 0.540. The summed E-state index contributed by atoms with van der Waals surface area (Å²) in [4.78, 5) is 4.42. The molecule has 2 nitrogen and oxygen atoms in total.